The van der Waals surface area contributed by atoms with Crippen LogP contribution in [0.3, 0.4) is 0 Å². The third kappa shape index (κ3) is 2.95. The fraction of sp³-hybridized carbons (Fsp3) is 0.500. The fourth-order valence-corrected chi connectivity index (χ4v) is 4.24. The van der Waals surface area contributed by atoms with Gasteiger partial charge in [0, 0.05) is 23.4 Å². The van der Waals surface area contributed by atoms with E-state index in [1.54, 1.807) is 23.7 Å². The van der Waals surface area contributed by atoms with Gasteiger partial charge in [-0.05, 0) is 49.6 Å². The van der Waals surface area contributed by atoms with E-state index in [1.165, 1.54) is 0 Å². The van der Waals surface area contributed by atoms with E-state index in [0.29, 0.717) is 12.3 Å². The van der Waals surface area contributed by atoms with Crippen molar-refractivity contribution in [3.8, 4) is 0 Å². The molecule has 0 unspecified atom stereocenters. The Labute approximate surface area is 139 Å². The van der Waals surface area contributed by atoms with Crippen molar-refractivity contribution in [3.05, 3.63) is 46.0 Å². The number of rotatable bonds is 5. The van der Waals surface area contributed by atoms with Gasteiger partial charge in [0.05, 0.1) is 17.9 Å². The Kier molecular flexibility index (Phi) is 3.99. The predicted octanol–water partition coefficient (Wildman–Crippen LogP) is 3.95. The first-order chi connectivity index (χ1) is 11.2. The smallest absolute Gasteiger partial charge is 0.257 e. The average Bonchev–Trinajstić information content (AvgIpc) is 3.03. The molecule has 5 heteroatoms. The van der Waals surface area contributed by atoms with Gasteiger partial charge in [-0.1, -0.05) is 6.07 Å². The van der Waals surface area contributed by atoms with Crippen LogP contribution in [-0.2, 0) is 0 Å². The van der Waals surface area contributed by atoms with Crippen molar-refractivity contribution in [3.63, 3.8) is 0 Å². The van der Waals surface area contributed by atoms with Crippen molar-refractivity contribution >= 4 is 17.2 Å². The summed E-state index contributed by atoms with van der Waals surface area (Å²) in [5, 5.41) is 12.4. The molecule has 1 aliphatic heterocycles. The van der Waals surface area contributed by atoms with Crippen LogP contribution in [0.15, 0.2) is 34.3 Å². The molecule has 2 aromatic rings. The van der Waals surface area contributed by atoms with Gasteiger partial charge < -0.3 is 14.4 Å². The van der Waals surface area contributed by atoms with Gasteiger partial charge in [-0.2, -0.15) is 0 Å². The number of carbonyl (C=O) groups excluding carboxylic acids is 1. The van der Waals surface area contributed by atoms with Crippen LogP contribution in [0.25, 0.3) is 0 Å². The first-order valence-electron chi connectivity index (χ1n) is 8.34. The molecule has 0 aromatic carbocycles. The third-order valence-electron chi connectivity index (χ3n) is 4.88. The van der Waals surface area contributed by atoms with Crippen molar-refractivity contribution in [2.75, 3.05) is 6.54 Å². The van der Waals surface area contributed by atoms with E-state index in [1.807, 2.05) is 22.4 Å². The molecule has 0 bridgehead atoms. The van der Waals surface area contributed by atoms with Crippen LogP contribution in [-0.4, -0.2) is 28.5 Å². The lowest BCUT2D eigenvalue weighted by molar-refractivity contribution is 0.0668. The minimum Gasteiger partial charge on any atom is -0.468 e. The predicted molar refractivity (Wildman–Crippen MR) is 88.6 cm³/mol. The van der Waals surface area contributed by atoms with Crippen molar-refractivity contribution in [1.82, 2.24) is 4.90 Å². The van der Waals surface area contributed by atoms with E-state index in [4.69, 9.17) is 4.42 Å². The Bertz CT molecular complexity index is 674. The minimum absolute atomic E-state index is 0.0709. The molecule has 122 valence electrons. The van der Waals surface area contributed by atoms with Gasteiger partial charge in [-0.15, -0.1) is 11.3 Å². The number of nitrogens with zero attached hydrogens (tertiary/aromatic N) is 1. The molecular formula is C18H21NO3S. The molecule has 4 nitrogen and oxygen atoms in total. The van der Waals surface area contributed by atoms with Crippen LogP contribution >= 0.6 is 11.3 Å². The number of furan rings is 1. The number of aliphatic hydroxyl groups excluding tert-OH is 1. The number of amides is 1. The SMILES string of the molecule is O=C(c1ccoc1C1CC1)N1CCC[C@H]1C[C@H](O)c1cccs1. The number of hydrogen-bond donors (Lipinski definition) is 1. The maximum Gasteiger partial charge on any atom is 0.257 e. The molecule has 1 aliphatic carbocycles. The van der Waals surface area contributed by atoms with E-state index in [9.17, 15) is 9.90 Å². The second-order valence-corrected chi connectivity index (χ2v) is 7.51. The van der Waals surface area contributed by atoms with E-state index in [-0.39, 0.29) is 11.9 Å². The zero-order valence-electron chi connectivity index (χ0n) is 13.0. The number of carbonyl (C=O) groups is 1. The second-order valence-electron chi connectivity index (χ2n) is 6.53. The molecule has 2 fully saturated rings. The molecule has 3 heterocycles. The second kappa shape index (κ2) is 6.13. The molecule has 2 aromatic heterocycles. The maximum absolute atomic E-state index is 12.9. The van der Waals surface area contributed by atoms with E-state index < -0.39 is 6.10 Å². The Morgan fingerprint density at radius 1 is 1.39 bits per heavy atom. The largest absolute Gasteiger partial charge is 0.468 e. The highest BCUT2D eigenvalue weighted by Crippen LogP contribution is 2.42. The summed E-state index contributed by atoms with van der Waals surface area (Å²) in [6.07, 6.45) is 5.97. The van der Waals surface area contributed by atoms with Gasteiger partial charge in [-0.25, -0.2) is 0 Å². The van der Waals surface area contributed by atoms with Gasteiger partial charge in [-0.3, -0.25) is 4.79 Å². The molecule has 23 heavy (non-hydrogen) atoms. The highest BCUT2D eigenvalue weighted by molar-refractivity contribution is 7.10. The van der Waals surface area contributed by atoms with Crippen LogP contribution in [0, 0.1) is 0 Å². The van der Waals surface area contributed by atoms with Crippen molar-refractivity contribution < 1.29 is 14.3 Å². The molecule has 1 amide bonds. The highest BCUT2D eigenvalue weighted by atomic mass is 32.1. The van der Waals surface area contributed by atoms with E-state index in [0.717, 1.165) is 48.4 Å². The molecular weight excluding hydrogens is 310 g/mol. The molecule has 4 rings (SSSR count). The lowest BCUT2D eigenvalue weighted by atomic mass is 10.0. The Morgan fingerprint density at radius 2 is 2.26 bits per heavy atom. The van der Waals surface area contributed by atoms with Crippen LogP contribution in [0.2, 0.25) is 0 Å². The molecule has 0 spiro atoms. The Hall–Kier alpha value is -1.59. The summed E-state index contributed by atoms with van der Waals surface area (Å²) in [4.78, 5) is 15.8. The molecule has 0 radical (unpaired) electrons. The molecule has 2 aliphatic rings. The highest BCUT2D eigenvalue weighted by Gasteiger charge is 2.36. The summed E-state index contributed by atoms with van der Waals surface area (Å²) >= 11 is 1.57. The lowest BCUT2D eigenvalue weighted by Crippen LogP contribution is -2.36. The topological polar surface area (TPSA) is 53.7 Å². The summed E-state index contributed by atoms with van der Waals surface area (Å²) in [6.45, 7) is 0.774. The summed E-state index contributed by atoms with van der Waals surface area (Å²) < 4.78 is 5.55. The monoisotopic (exact) mass is 331 g/mol. The van der Waals surface area contributed by atoms with Crippen LogP contribution in [0.1, 0.15) is 65.1 Å². The van der Waals surface area contributed by atoms with Crippen LogP contribution in [0.5, 0.6) is 0 Å². The first kappa shape index (κ1) is 15.0. The number of likely N-dealkylation sites (tertiary alicyclic amines) is 1. The Morgan fingerprint density at radius 3 is 3.00 bits per heavy atom. The first-order valence-corrected chi connectivity index (χ1v) is 9.22. The number of aliphatic hydroxyl groups is 1. The standard InChI is InChI=1S/C18H21NO3S/c20-15(16-4-2-10-23-16)11-13-3-1-8-19(13)18(21)14-7-9-22-17(14)12-5-6-12/h2,4,7,9-10,12-13,15,20H,1,3,5-6,8,11H2/t13-,15-/m0/s1. The number of thiophene rings is 1. The van der Waals surface area contributed by atoms with E-state index >= 15 is 0 Å². The Balaban J connectivity index is 1.48. The summed E-state index contributed by atoms with van der Waals surface area (Å²) in [6, 6.07) is 5.83. The van der Waals surface area contributed by atoms with Crippen molar-refractivity contribution in [2.45, 2.75) is 50.2 Å². The van der Waals surface area contributed by atoms with Gasteiger partial charge in [0.1, 0.15) is 5.76 Å². The lowest BCUT2D eigenvalue weighted by Gasteiger charge is -2.26. The molecule has 1 saturated heterocycles. The average molecular weight is 331 g/mol. The van der Waals surface area contributed by atoms with Crippen LogP contribution < -0.4 is 0 Å². The third-order valence-corrected chi connectivity index (χ3v) is 5.85. The van der Waals surface area contributed by atoms with Crippen molar-refractivity contribution in [2.24, 2.45) is 0 Å². The zero-order chi connectivity index (χ0) is 15.8. The minimum atomic E-state index is -0.486. The summed E-state index contributed by atoms with van der Waals surface area (Å²) in [7, 11) is 0. The normalized spacial score (nSPS) is 22.5. The van der Waals surface area contributed by atoms with Gasteiger partial charge >= 0.3 is 0 Å². The molecule has 2 atom stereocenters. The summed E-state index contributed by atoms with van der Waals surface area (Å²) in [5.41, 5.74) is 0.727. The zero-order valence-corrected chi connectivity index (χ0v) is 13.8. The quantitative estimate of drug-likeness (QED) is 0.902. The van der Waals surface area contributed by atoms with Gasteiger partial charge in [0.15, 0.2) is 0 Å². The van der Waals surface area contributed by atoms with Gasteiger partial charge in [0.2, 0.25) is 0 Å². The molecule has 1 saturated carbocycles. The molecule has 1 N–H and O–H groups in total. The summed E-state index contributed by atoms with van der Waals surface area (Å²) in [5.74, 6) is 1.36. The maximum atomic E-state index is 12.9. The van der Waals surface area contributed by atoms with Crippen LogP contribution in [0.4, 0.5) is 0 Å². The van der Waals surface area contributed by atoms with Crippen molar-refractivity contribution in [1.29, 1.82) is 0 Å². The number of hydrogen-bond acceptors (Lipinski definition) is 4. The van der Waals surface area contributed by atoms with Gasteiger partial charge in [0.25, 0.3) is 5.91 Å². The fourth-order valence-electron chi connectivity index (χ4n) is 3.52. The van der Waals surface area contributed by atoms with E-state index in [2.05, 4.69) is 0 Å².